The van der Waals surface area contributed by atoms with Gasteiger partial charge in [-0.05, 0) is 36.6 Å². The van der Waals surface area contributed by atoms with Gasteiger partial charge in [0, 0.05) is 17.3 Å². The monoisotopic (exact) mass is 533 g/mol. The number of nitrogens with zero attached hydrogens (tertiary/aromatic N) is 3. The number of carbonyl (C=O) groups is 1. The minimum absolute atomic E-state index is 0.333. The molecule has 0 bridgehead atoms. The molecule has 1 amide bonds. The molecular weight excluding hydrogens is 506 g/mol. The van der Waals surface area contributed by atoms with Gasteiger partial charge < -0.3 is 29.6 Å². The van der Waals surface area contributed by atoms with Crippen molar-refractivity contribution >= 4 is 28.9 Å². The Labute approximate surface area is 223 Å². The number of methoxy groups -OCH3 is 4. The van der Waals surface area contributed by atoms with Crippen LogP contribution in [0.15, 0.2) is 65.2 Å². The Hall–Kier alpha value is -4.51. The molecule has 3 heterocycles. The van der Waals surface area contributed by atoms with Crippen LogP contribution in [0, 0.1) is 0 Å². The van der Waals surface area contributed by atoms with E-state index in [-0.39, 0.29) is 5.91 Å². The van der Waals surface area contributed by atoms with Crippen LogP contribution in [-0.2, 0) is 4.79 Å². The average molecular weight is 534 g/mol. The lowest BCUT2D eigenvalue weighted by Crippen LogP contribution is -2.32. The number of para-hydroxylation sites is 2. The van der Waals surface area contributed by atoms with Crippen molar-refractivity contribution in [2.45, 2.75) is 13.0 Å². The second kappa shape index (κ2) is 10.5. The standard InChI is InChI=1S/C27H27N5O5S/c1-15-23(26(33)29-17-9-6-7-10-18(17)34-2)24(16-13-20(36-4)21(37-5)14-19(16)35-3)32-27(28-15)30-25(31-32)22-11-8-12-38-22/h6-14,24H,1-5H3,(H,29,33)(H,28,30,31). The van der Waals surface area contributed by atoms with Crippen molar-refractivity contribution in [1.29, 1.82) is 0 Å². The molecule has 0 spiro atoms. The normalized spacial score (nSPS) is 14.4. The molecule has 1 aliphatic rings. The van der Waals surface area contributed by atoms with Crippen molar-refractivity contribution in [1.82, 2.24) is 14.8 Å². The summed E-state index contributed by atoms with van der Waals surface area (Å²) in [4.78, 5) is 19.6. The summed E-state index contributed by atoms with van der Waals surface area (Å²) in [6, 6.07) is 14.0. The number of anilines is 2. The summed E-state index contributed by atoms with van der Waals surface area (Å²) in [5.41, 5.74) is 2.25. The molecule has 2 N–H and O–H groups in total. The second-order valence-corrected chi connectivity index (χ2v) is 9.30. The van der Waals surface area contributed by atoms with Crippen LogP contribution in [-0.4, -0.2) is 49.1 Å². The van der Waals surface area contributed by atoms with Crippen LogP contribution < -0.4 is 29.6 Å². The van der Waals surface area contributed by atoms with Crippen LogP contribution in [0.4, 0.5) is 11.6 Å². The summed E-state index contributed by atoms with van der Waals surface area (Å²) >= 11 is 1.53. The SMILES string of the molecule is COc1ccccc1NC(=O)C1=C(C)Nc2nc(-c3cccs3)nn2C1c1cc(OC)c(OC)cc1OC. The van der Waals surface area contributed by atoms with Crippen molar-refractivity contribution in [2.24, 2.45) is 0 Å². The van der Waals surface area contributed by atoms with E-state index in [0.29, 0.717) is 57.3 Å². The van der Waals surface area contributed by atoms with E-state index >= 15 is 0 Å². The first-order chi connectivity index (χ1) is 18.5. The number of ether oxygens (including phenoxy) is 4. The third kappa shape index (κ3) is 4.41. The number of hydrogen-bond acceptors (Lipinski definition) is 9. The molecule has 1 unspecified atom stereocenters. The van der Waals surface area contributed by atoms with Gasteiger partial charge in [0.25, 0.3) is 5.91 Å². The topological polar surface area (TPSA) is 109 Å². The molecule has 0 fully saturated rings. The first-order valence-electron chi connectivity index (χ1n) is 11.7. The van der Waals surface area contributed by atoms with E-state index in [9.17, 15) is 4.79 Å². The summed E-state index contributed by atoms with van der Waals surface area (Å²) in [6.45, 7) is 1.83. The van der Waals surface area contributed by atoms with Gasteiger partial charge in [0.15, 0.2) is 17.3 Å². The summed E-state index contributed by atoms with van der Waals surface area (Å²) in [5.74, 6) is 2.76. The average Bonchev–Trinajstić information content (AvgIpc) is 3.62. The Morgan fingerprint density at radius 3 is 2.34 bits per heavy atom. The molecule has 0 radical (unpaired) electrons. The smallest absolute Gasteiger partial charge is 0.255 e. The Morgan fingerprint density at radius 1 is 0.947 bits per heavy atom. The first kappa shape index (κ1) is 25.2. The largest absolute Gasteiger partial charge is 0.496 e. The fourth-order valence-electron chi connectivity index (χ4n) is 4.45. The Morgan fingerprint density at radius 2 is 1.66 bits per heavy atom. The van der Waals surface area contributed by atoms with Crippen LogP contribution in [0.2, 0.25) is 0 Å². The number of benzene rings is 2. The molecule has 196 valence electrons. The Kier molecular flexibility index (Phi) is 6.93. The molecule has 38 heavy (non-hydrogen) atoms. The van der Waals surface area contributed by atoms with Gasteiger partial charge in [-0.2, -0.15) is 4.98 Å². The lowest BCUT2D eigenvalue weighted by molar-refractivity contribution is -0.113. The van der Waals surface area contributed by atoms with E-state index in [1.807, 2.05) is 36.6 Å². The van der Waals surface area contributed by atoms with Gasteiger partial charge in [-0.25, -0.2) is 4.68 Å². The second-order valence-electron chi connectivity index (χ2n) is 8.35. The van der Waals surface area contributed by atoms with E-state index in [1.54, 1.807) is 57.4 Å². The van der Waals surface area contributed by atoms with E-state index in [2.05, 4.69) is 10.6 Å². The third-order valence-corrected chi connectivity index (χ3v) is 7.09. The summed E-state index contributed by atoms with van der Waals surface area (Å²) < 4.78 is 24.0. The molecule has 11 heteroatoms. The quantitative estimate of drug-likeness (QED) is 0.327. The molecule has 1 atom stereocenters. The highest BCUT2D eigenvalue weighted by Crippen LogP contribution is 2.44. The highest BCUT2D eigenvalue weighted by Gasteiger charge is 2.37. The molecule has 2 aromatic heterocycles. The Bertz CT molecular complexity index is 1510. The molecule has 0 aliphatic carbocycles. The number of thiophene rings is 1. The maximum absolute atomic E-state index is 13.9. The third-order valence-electron chi connectivity index (χ3n) is 6.22. The maximum Gasteiger partial charge on any atom is 0.255 e. The van der Waals surface area contributed by atoms with Crippen molar-refractivity contribution in [3.8, 4) is 33.7 Å². The van der Waals surface area contributed by atoms with Gasteiger partial charge in [-0.15, -0.1) is 16.4 Å². The first-order valence-corrected chi connectivity index (χ1v) is 12.6. The van der Waals surface area contributed by atoms with Crippen LogP contribution in [0.1, 0.15) is 18.5 Å². The molecule has 4 aromatic rings. The van der Waals surface area contributed by atoms with E-state index in [0.717, 1.165) is 4.88 Å². The van der Waals surface area contributed by atoms with Gasteiger partial charge in [-0.1, -0.05) is 18.2 Å². The summed E-state index contributed by atoms with van der Waals surface area (Å²) in [7, 11) is 6.24. The number of rotatable bonds is 8. The predicted octanol–water partition coefficient (Wildman–Crippen LogP) is 4.97. The van der Waals surface area contributed by atoms with Crippen molar-refractivity contribution < 1.29 is 23.7 Å². The van der Waals surface area contributed by atoms with Crippen LogP contribution in [0.5, 0.6) is 23.0 Å². The molecule has 5 rings (SSSR count). The lowest BCUT2D eigenvalue weighted by Gasteiger charge is -2.30. The number of hydrogen-bond donors (Lipinski definition) is 2. The fourth-order valence-corrected chi connectivity index (χ4v) is 5.10. The van der Waals surface area contributed by atoms with Gasteiger partial charge >= 0.3 is 0 Å². The lowest BCUT2D eigenvalue weighted by atomic mass is 9.93. The fraction of sp³-hybridized carbons (Fsp3) is 0.222. The predicted molar refractivity (Wildman–Crippen MR) is 146 cm³/mol. The van der Waals surface area contributed by atoms with Gasteiger partial charge in [0.1, 0.15) is 17.5 Å². The van der Waals surface area contributed by atoms with Gasteiger partial charge in [0.05, 0.1) is 44.6 Å². The highest BCUT2D eigenvalue weighted by molar-refractivity contribution is 7.13. The number of aromatic nitrogens is 3. The zero-order chi connectivity index (χ0) is 26.8. The zero-order valence-corrected chi connectivity index (χ0v) is 22.4. The van der Waals surface area contributed by atoms with E-state index < -0.39 is 6.04 Å². The van der Waals surface area contributed by atoms with E-state index in [4.69, 9.17) is 29.0 Å². The molecule has 10 nitrogen and oxygen atoms in total. The molecule has 0 saturated heterocycles. The van der Waals surface area contributed by atoms with Crippen molar-refractivity contribution in [3.05, 3.63) is 70.7 Å². The number of carbonyl (C=O) groups excluding carboxylic acids is 1. The van der Waals surface area contributed by atoms with Gasteiger partial charge in [0.2, 0.25) is 5.95 Å². The van der Waals surface area contributed by atoms with Crippen molar-refractivity contribution in [2.75, 3.05) is 39.1 Å². The maximum atomic E-state index is 13.9. The number of amides is 1. The van der Waals surface area contributed by atoms with Crippen LogP contribution in [0.25, 0.3) is 10.7 Å². The Balaban J connectivity index is 1.69. The molecular formula is C27H27N5O5S. The van der Waals surface area contributed by atoms with E-state index in [1.165, 1.54) is 11.3 Å². The number of allylic oxidation sites excluding steroid dienone is 1. The summed E-state index contributed by atoms with van der Waals surface area (Å²) in [6.07, 6.45) is 0. The molecule has 2 aromatic carbocycles. The van der Waals surface area contributed by atoms with Gasteiger partial charge in [-0.3, -0.25) is 4.79 Å². The number of nitrogens with one attached hydrogen (secondary N) is 2. The molecule has 0 saturated carbocycles. The number of fused-ring (bicyclic) bond motifs is 1. The minimum Gasteiger partial charge on any atom is -0.496 e. The van der Waals surface area contributed by atoms with Crippen LogP contribution in [0.3, 0.4) is 0 Å². The van der Waals surface area contributed by atoms with Crippen LogP contribution >= 0.6 is 11.3 Å². The zero-order valence-electron chi connectivity index (χ0n) is 21.6. The summed E-state index contributed by atoms with van der Waals surface area (Å²) in [5, 5.41) is 13.0. The molecule has 1 aliphatic heterocycles. The van der Waals surface area contributed by atoms with Crippen molar-refractivity contribution in [3.63, 3.8) is 0 Å². The minimum atomic E-state index is -0.697. The highest BCUT2D eigenvalue weighted by atomic mass is 32.1.